The number of esters is 1. The molecule has 1 aromatic carbocycles. The van der Waals surface area contributed by atoms with Crippen molar-refractivity contribution in [1.82, 2.24) is 10.6 Å². The summed E-state index contributed by atoms with van der Waals surface area (Å²) in [7, 11) is 2.79. The Balaban J connectivity index is 2.53. The molecule has 8 heteroatoms. The fourth-order valence-corrected chi connectivity index (χ4v) is 2.83. The topological polar surface area (TPSA) is 85.9 Å². The van der Waals surface area contributed by atoms with Crippen molar-refractivity contribution in [2.45, 2.75) is 26.3 Å². The van der Waals surface area contributed by atoms with E-state index in [9.17, 15) is 9.59 Å². The molecule has 1 heterocycles. The van der Waals surface area contributed by atoms with Crippen molar-refractivity contribution in [2.75, 3.05) is 20.8 Å². The molecule has 0 spiro atoms. The number of urea groups is 1. The normalized spacial score (nSPS) is 16.8. The van der Waals surface area contributed by atoms with E-state index in [4.69, 9.17) is 25.8 Å². The zero-order valence-corrected chi connectivity index (χ0v) is 15.3. The predicted octanol–water partition coefficient (Wildman–Crippen LogP) is 2.94. The third-order valence-corrected chi connectivity index (χ3v) is 4.06. The quantitative estimate of drug-likeness (QED) is 0.754. The summed E-state index contributed by atoms with van der Waals surface area (Å²) < 4.78 is 15.8. The molecule has 0 unspecified atom stereocenters. The van der Waals surface area contributed by atoms with Crippen LogP contribution in [0.25, 0.3) is 0 Å². The molecule has 2 rings (SSSR count). The largest absolute Gasteiger partial charge is 0.493 e. The molecule has 1 aliphatic rings. The van der Waals surface area contributed by atoms with Crippen molar-refractivity contribution in [3.63, 3.8) is 0 Å². The molecule has 1 aromatic rings. The van der Waals surface area contributed by atoms with Gasteiger partial charge in [-0.05, 0) is 19.4 Å². The third-order valence-electron chi connectivity index (χ3n) is 3.73. The molecule has 0 saturated carbocycles. The number of carbonyl (C=O) groups is 2. The molecule has 0 bridgehead atoms. The smallest absolute Gasteiger partial charge is 0.337 e. The molecule has 0 radical (unpaired) electrons. The summed E-state index contributed by atoms with van der Waals surface area (Å²) in [6.45, 7) is 4.13. The number of halogens is 1. The first-order valence-corrected chi connectivity index (χ1v) is 8.17. The van der Waals surface area contributed by atoms with Gasteiger partial charge in [0.05, 0.1) is 37.5 Å². The Labute approximate surface area is 151 Å². The minimum absolute atomic E-state index is 0.272. The number of methoxy groups -OCH3 is 2. The zero-order chi connectivity index (χ0) is 18.6. The van der Waals surface area contributed by atoms with E-state index >= 15 is 0 Å². The van der Waals surface area contributed by atoms with Gasteiger partial charge in [-0.1, -0.05) is 18.5 Å². The van der Waals surface area contributed by atoms with Gasteiger partial charge in [-0.25, -0.2) is 9.59 Å². The minimum Gasteiger partial charge on any atom is -0.493 e. The minimum atomic E-state index is -0.761. The van der Waals surface area contributed by atoms with Crippen LogP contribution in [0, 0.1) is 0 Å². The first-order chi connectivity index (χ1) is 11.9. The molecule has 1 aliphatic heterocycles. The summed E-state index contributed by atoms with van der Waals surface area (Å²) in [5.41, 5.74) is 1.19. The zero-order valence-electron chi connectivity index (χ0n) is 14.6. The average molecular weight is 369 g/mol. The SMILES string of the molecule is CCCOc1cc(Cl)c([C@H]2NC(=O)NC(C)=C2C(=O)OC)cc1OC. The lowest BCUT2D eigenvalue weighted by atomic mass is 9.95. The average Bonchev–Trinajstić information content (AvgIpc) is 2.58. The van der Waals surface area contributed by atoms with Gasteiger partial charge in [-0.15, -0.1) is 0 Å². The van der Waals surface area contributed by atoms with Crippen molar-refractivity contribution in [1.29, 1.82) is 0 Å². The number of hydrogen-bond donors (Lipinski definition) is 2. The van der Waals surface area contributed by atoms with Crippen LogP contribution in [0.5, 0.6) is 11.5 Å². The van der Waals surface area contributed by atoms with Gasteiger partial charge in [0.2, 0.25) is 0 Å². The summed E-state index contributed by atoms with van der Waals surface area (Å²) in [5, 5.41) is 5.60. The highest BCUT2D eigenvalue weighted by Gasteiger charge is 2.33. The molecule has 0 saturated heterocycles. The molecular weight excluding hydrogens is 348 g/mol. The first kappa shape index (κ1) is 18.9. The molecular formula is C17H21ClN2O5. The molecule has 0 aromatic heterocycles. The van der Waals surface area contributed by atoms with E-state index in [0.29, 0.717) is 34.4 Å². The third kappa shape index (κ3) is 3.99. The molecule has 25 heavy (non-hydrogen) atoms. The van der Waals surface area contributed by atoms with Crippen molar-refractivity contribution >= 4 is 23.6 Å². The highest BCUT2D eigenvalue weighted by Crippen LogP contribution is 2.39. The van der Waals surface area contributed by atoms with Crippen LogP contribution < -0.4 is 20.1 Å². The van der Waals surface area contributed by atoms with Crippen molar-refractivity contribution in [2.24, 2.45) is 0 Å². The van der Waals surface area contributed by atoms with E-state index in [-0.39, 0.29) is 5.57 Å². The molecule has 2 N–H and O–H groups in total. The predicted molar refractivity (Wildman–Crippen MR) is 92.9 cm³/mol. The number of carbonyl (C=O) groups excluding carboxylic acids is 2. The monoisotopic (exact) mass is 368 g/mol. The molecule has 0 aliphatic carbocycles. The number of benzene rings is 1. The van der Waals surface area contributed by atoms with E-state index in [1.54, 1.807) is 19.1 Å². The molecule has 0 fully saturated rings. The Hall–Kier alpha value is -2.41. The number of rotatable bonds is 6. The second-order valence-electron chi connectivity index (χ2n) is 5.43. The fourth-order valence-electron chi connectivity index (χ4n) is 2.56. The van der Waals surface area contributed by atoms with Gasteiger partial charge in [0.1, 0.15) is 0 Å². The van der Waals surface area contributed by atoms with Crippen molar-refractivity contribution in [3.8, 4) is 11.5 Å². The van der Waals surface area contributed by atoms with Gasteiger partial charge in [0.25, 0.3) is 0 Å². The Kier molecular flexibility index (Phi) is 6.14. The lowest BCUT2D eigenvalue weighted by Crippen LogP contribution is -2.45. The van der Waals surface area contributed by atoms with Crippen LogP contribution in [0.15, 0.2) is 23.4 Å². The first-order valence-electron chi connectivity index (χ1n) is 7.79. The molecule has 136 valence electrons. The van der Waals surface area contributed by atoms with E-state index in [0.717, 1.165) is 6.42 Å². The molecule has 2 amide bonds. The van der Waals surface area contributed by atoms with Crippen LogP contribution in [0.1, 0.15) is 31.9 Å². The lowest BCUT2D eigenvalue weighted by molar-refractivity contribution is -0.136. The summed E-state index contributed by atoms with van der Waals surface area (Å²) in [6.07, 6.45) is 0.835. The van der Waals surface area contributed by atoms with Crippen molar-refractivity contribution < 1.29 is 23.8 Å². The van der Waals surface area contributed by atoms with Crippen molar-refractivity contribution in [3.05, 3.63) is 34.0 Å². The Morgan fingerprint density at radius 3 is 2.60 bits per heavy atom. The van der Waals surface area contributed by atoms with E-state index in [2.05, 4.69) is 10.6 Å². The van der Waals surface area contributed by atoms with Gasteiger partial charge in [-0.2, -0.15) is 0 Å². The number of allylic oxidation sites excluding steroid dienone is 1. The summed E-state index contributed by atoms with van der Waals surface area (Å²) in [5.74, 6) is 0.400. The summed E-state index contributed by atoms with van der Waals surface area (Å²) in [4.78, 5) is 24.1. The standard InChI is InChI=1S/C17H21ClN2O5/c1-5-6-25-13-8-11(18)10(7-12(13)23-3)15-14(16(21)24-4)9(2)19-17(22)20-15/h7-8,15H,5-6H2,1-4H3,(H2,19,20,22)/t15-/m1/s1. The maximum atomic E-state index is 12.2. The highest BCUT2D eigenvalue weighted by atomic mass is 35.5. The van der Waals surface area contributed by atoms with Crippen LogP contribution >= 0.6 is 11.6 Å². The number of nitrogens with one attached hydrogen (secondary N) is 2. The van der Waals surface area contributed by atoms with Crippen LogP contribution in [0.2, 0.25) is 5.02 Å². The fraction of sp³-hybridized carbons (Fsp3) is 0.412. The second-order valence-corrected chi connectivity index (χ2v) is 5.84. The van der Waals surface area contributed by atoms with Gasteiger partial charge < -0.3 is 24.8 Å². The van der Waals surface area contributed by atoms with Crippen LogP contribution in [0.3, 0.4) is 0 Å². The van der Waals surface area contributed by atoms with Gasteiger partial charge in [-0.3, -0.25) is 0 Å². The Morgan fingerprint density at radius 2 is 2.00 bits per heavy atom. The maximum absolute atomic E-state index is 12.2. The van der Waals surface area contributed by atoms with Gasteiger partial charge in [0.15, 0.2) is 11.5 Å². The number of amides is 2. The molecule has 1 atom stereocenters. The number of ether oxygens (including phenoxy) is 3. The van der Waals surface area contributed by atoms with E-state index in [1.807, 2.05) is 6.92 Å². The van der Waals surface area contributed by atoms with E-state index in [1.165, 1.54) is 14.2 Å². The summed E-state index contributed by atoms with van der Waals surface area (Å²) in [6, 6.07) is 2.07. The number of hydrogen-bond acceptors (Lipinski definition) is 5. The van der Waals surface area contributed by atoms with Crippen LogP contribution in [-0.2, 0) is 9.53 Å². The maximum Gasteiger partial charge on any atom is 0.337 e. The Morgan fingerprint density at radius 1 is 1.28 bits per heavy atom. The van der Waals surface area contributed by atoms with Gasteiger partial charge in [0, 0.05) is 17.3 Å². The molecule has 7 nitrogen and oxygen atoms in total. The van der Waals surface area contributed by atoms with E-state index < -0.39 is 18.0 Å². The Bertz CT molecular complexity index is 717. The second kappa shape index (κ2) is 8.11. The van der Waals surface area contributed by atoms with Crippen LogP contribution in [0.4, 0.5) is 4.79 Å². The summed E-state index contributed by atoms with van der Waals surface area (Å²) >= 11 is 6.40. The van der Waals surface area contributed by atoms with Gasteiger partial charge >= 0.3 is 12.0 Å². The lowest BCUT2D eigenvalue weighted by Gasteiger charge is -2.28. The van der Waals surface area contributed by atoms with Crippen LogP contribution in [-0.4, -0.2) is 32.8 Å². The highest BCUT2D eigenvalue weighted by molar-refractivity contribution is 6.31.